The number of nitrogens with zero attached hydrogens (tertiary/aromatic N) is 4. The molecule has 2 rings (SSSR count). The Morgan fingerprint density at radius 2 is 1.81 bits per heavy atom. The highest BCUT2D eigenvalue weighted by Gasteiger charge is 2.16. The molecule has 1 aromatic rings. The highest BCUT2D eigenvalue weighted by Crippen LogP contribution is 2.15. The fourth-order valence-corrected chi connectivity index (χ4v) is 2.02. The average molecular weight is 296 g/mol. The number of morpholine rings is 1. The minimum absolute atomic E-state index is 0.209. The van der Waals surface area contributed by atoms with Gasteiger partial charge in [0.15, 0.2) is 0 Å². The van der Waals surface area contributed by atoms with Crippen molar-refractivity contribution >= 4 is 17.8 Å². The first-order valence-electron chi connectivity index (χ1n) is 7.51. The number of unbranched alkanes of at least 4 members (excludes halogenated alkanes) is 1. The van der Waals surface area contributed by atoms with Crippen LogP contribution in [0.2, 0.25) is 0 Å². The number of ether oxygens (including phenoxy) is 1. The highest BCUT2D eigenvalue weighted by molar-refractivity contribution is 5.44. The van der Waals surface area contributed by atoms with E-state index in [9.17, 15) is 0 Å². The first-order chi connectivity index (χ1) is 10.3. The molecule has 2 heterocycles. The summed E-state index contributed by atoms with van der Waals surface area (Å²) in [5, 5.41) is 15.1. The fraction of sp³-hybridized carbons (Fsp3) is 0.769. The van der Waals surface area contributed by atoms with Gasteiger partial charge in [-0.3, -0.25) is 0 Å². The third kappa shape index (κ3) is 4.98. The van der Waals surface area contributed by atoms with E-state index in [4.69, 9.17) is 9.84 Å². The standard InChI is InChI=1S/C13H24N6O2/c1-2-14-11-16-12(15-5-3-4-8-20)18-13(17-11)19-6-9-21-10-7-19/h20H,2-10H2,1H3,(H2,14,15,16,17,18). The molecule has 8 nitrogen and oxygen atoms in total. The summed E-state index contributed by atoms with van der Waals surface area (Å²) in [6, 6.07) is 0. The molecule has 0 aliphatic carbocycles. The Labute approximate surface area is 125 Å². The minimum Gasteiger partial charge on any atom is -0.396 e. The fourth-order valence-electron chi connectivity index (χ4n) is 2.02. The van der Waals surface area contributed by atoms with Crippen molar-refractivity contribution in [2.24, 2.45) is 0 Å². The summed E-state index contributed by atoms with van der Waals surface area (Å²) >= 11 is 0. The largest absolute Gasteiger partial charge is 0.396 e. The Morgan fingerprint density at radius 3 is 2.48 bits per heavy atom. The second kappa shape index (κ2) is 8.58. The molecule has 0 unspecified atom stereocenters. The van der Waals surface area contributed by atoms with Crippen molar-refractivity contribution in [1.29, 1.82) is 0 Å². The van der Waals surface area contributed by atoms with Gasteiger partial charge in [0, 0.05) is 32.8 Å². The van der Waals surface area contributed by atoms with E-state index in [1.807, 2.05) is 6.92 Å². The van der Waals surface area contributed by atoms with E-state index in [1.54, 1.807) is 0 Å². The maximum atomic E-state index is 8.79. The van der Waals surface area contributed by atoms with Gasteiger partial charge in [0.1, 0.15) is 0 Å². The molecule has 0 aromatic carbocycles. The van der Waals surface area contributed by atoms with Crippen molar-refractivity contribution < 1.29 is 9.84 Å². The number of aliphatic hydroxyl groups is 1. The maximum Gasteiger partial charge on any atom is 0.232 e. The van der Waals surface area contributed by atoms with Crippen LogP contribution in [0.4, 0.5) is 17.8 Å². The zero-order valence-electron chi connectivity index (χ0n) is 12.5. The molecule has 0 bridgehead atoms. The monoisotopic (exact) mass is 296 g/mol. The number of hydrogen-bond acceptors (Lipinski definition) is 8. The predicted molar refractivity (Wildman–Crippen MR) is 81.8 cm³/mol. The SMILES string of the molecule is CCNc1nc(NCCCCO)nc(N2CCOCC2)n1. The number of aromatic nitrogens is 3. The third-order valence-corrected chi connectivity index (χ3v) is 3.12. The van der Waals surface area contributed by atoms with E-state index < -0.39 is 0 Å². The lowest BCUT2D eigenvalue weighted by Crippen LogP contribution is -2.37. The van der Waals surface area contributed by atoms with Crippen LogP contribution < -0.4 is 15.5 Å². The molecule has 1 saturated heterocycles. The van der Waals surface area contributed by atoms with E-state index in [0.717, 1.165) is 39.0 Å². The van der Waals surface area contributed by atoms with Crippen LogP contribution in [0, 0.1) is 0 Å². The molecular formula is C13H24N6O2. The lowest BCUT2D eigenvalue weighted by Gasteiger charge is -2.27. The first kappa shape index (κ1) is 15.7. The van der Waals surface area contributed by atoms with E-state index in [-0.39, 0.29) is 6.61 Å². The van der Waals surface area contributed by atoms with Crippen LogP contribution in [0.5, 0.6) is 0 Å². The molecule has 0 amide bonds. The van der Waals surface area contributed by atoms with Crippen molar-refractivity contribution in [1.82, 2.24) is 15.0 Å². The van der Waals surface area contributed by atoms with Crippen LogP contribution in [0.25, 0.3) is 0 Å². The number of nitrogens with one attached hydrogen (secondary N) is 2. The van der Waals surface area contributed by atoms with Crippen molar-refractivity contribution in [3.05, 3.63) is 0 Å². The summed E-state index contributed by atoms with van der Waals surface area (Å²) in [5.41, 5.74) is 0. The van der Waals surface area contributed by atoms with E-state index >= 15 is 0 Å². The summed E-state index contributed by atoms with van der Waals surface area (Å²) in [4.78, 5) is 15.4. The van der Waals surface area contributed by atoms with Crippen molar-refractivity contribution in [3.8, 4) is 0 Å². The quantitative estimate of drug-likeness (QED) is 0.591. The second-order valence-corrected chi connectivity index (χ2v) is 4.77. The predicted octanol–water partition coefficient (Wildman–Crippen LogP) is 0.324. The number of anilines is 3. The molecule has 118 valence electrons. The molecule has 0 saturated carbocycles. The van der Waals surface area contributed by atoms with Crippen LogP contribution in [-0.2, 0) is 4.74 Å². The minimum atomic E-state index is 0.209. The van der Waals surface area contributed by atoms with Gasteiger partial charge in [-0.2, -0.15) is 15.0 Å². The van der Waals surface area contributed by atoms with Gasteiger partial charge < -0.3 is 25.4 Å². The Bertz CT molecular complexity index is 425. The second-order valence-electron chi connectivity index (χ2n) is 4.77. The Hall–Kier alpha value is -1.67. The summed E-state index contributed by atoms with van der Waals surface area (Å²) < 4.78 is 5.35. The average Bonchev–Trinajstić information content (AvgIpc) is 2.53. The van der Waals surface area contributed by atoms with Gasteiger partial charge >= 0.3 is 0 Å². The van der Waals surface area contributed by atoms with Crippen LogP contribution >= 0.6 is 0 Å². The molecule has 0 radical (unpaired) electrons. The third-order valence-electron chi connectivity index (χ3n) is 3.12. The molecular weight excluding hydrogens is 272 g/mol. The first-order valence-corrected chi connectivity index (χ1v) is 7.51. The molecule has 1 aliphatic heterocycles. The molecule has 0 atom stereocenters. The molecule has 21 heavy (non-hydrogen) atoms. The van der Waals surface area contributed by atoms with Gasteiger partial charge in [-0.1, -0.05) is 0 Å². The lowest BCUT2D eigenvalue weighted by molar-refractivity contribution is 0.122. The topological polar surface area (TPSA) is 95.4 Å². The van der Waals surface area contributed by atoms with Gasteiger partial charge in [0.05, 0.1) is 13.2 Å². The maximum absolute atomic E-state index is 8.79. The molecule has 0 spiro atoms. The van der Waals surface area contributed by atoms with Gasteiger partial charge in [0.2, 0.25) is 17.8 Å². The van der Waals surface area contributed by atoms with Crippen molar-refractivity contribution in [2.75, 3.05) is 61.5 Å². The normalized spacial score (nSPS) is 15.0. The number of aliphatic hydroxyl groups excluding tert-OH is 1. The summed E-state index contributed by atoms with van der Waals surface area (Å²) in [6.07, 6.45) is 1.65. The van der Waals surface area contributed by atoms with Crippen molar-refractivity contribution in [3.63, 3.8) is 0 Å². The number of rotatable bonds is 8. The lowest BCUT2D eigenvalue weighted by atomic mass is 10.3. The Kier molecular flexibility index (Phi) is 6.42. The molecule has 1 fully saturated rings. The van der Waals surface area contributed by atoms with Crippen LogP contribution in [-0.4, -0.2) is 66.1 Å². The van der Waals surface area contributed by atoms with Crippen LogP contribution in [0.15, 0.2) is 0 Å². The summed E-state index contributed by atoms with van der Waals surface area (Å²) in [7, 11) is 0. The van der Waals surface area contributed by atoms with Crippen LogP contribution in [0.1, 0.15) is 19.8 Å². The molecule has 1 aliphatic rings. The highest BCUT2D eigenvalue weighted by atomic mass is 16.5. The van der Waals surface area contributed by atoms with Crippen LogP contribution in [0.3, 0.4) is 0 Å². The Balaban J connectivity index is 2.05. The zero-order valence-corrected chi connectivity index (χ0v) is 12.5. The van der Waals surface area contributed by atoms with E-state index in [1.165, 1.54) is 0 Å². The smallest absolute Gasteiger partial charge is 0.232 e. The van der Waals surface area contributed by atoms with E-state index in [0.29, 0.717) is 31.1 Å². The van der Waals surface area contributed by atoms with Gasteiger partial charge in [-0.15, -0.1) is 0 Å². The van der Waals surface area contributed by atoms with Crippen molar-refractivity contribution in [2.45, 2.75) is 19.8 Å². The molecule has 8 heteroatoms. The van der Waals surface area contributed by atoms with Gasteiger partial charge in [-0.05, 0) is 19.8 Å². The molecule has 3 N–H and O–H groups in total. The summed E-state index contributed by atoms with van der Waals surface area (Å²) in [6.45, 7) is 6.68. The Morgan fingerprint density at radius 1 is 1.10 bits per heavy atom. The van der Waals surface area contributed by atoms with E-state index in [2.05, 4.69) is 30.5 Å². The van der Waals surface area contributed by atoms with Gasteiger partial charge in [0.25, 0.3) is 0 Å². The number of hydrogen-bond donors (Lipinski definition) is 3. The zero-order chi connectivity index (χ0) is 14.9. The summed E-state index contributed by atoms with van der Waals surface area (Å²) in [5.74, 6) is 1.83. The molecule has 1 aromatic heterocycles. The van der Waals surface area contributed by atoms with Gasteiger partial charge in [-0.25, -0.2) is 0 Å².